The number of nitrogens with zero attached hydrogens (tertiary/aromatic N) is 3. The van der Waals surface area contributed by atoms with Crippen LogP contribution in [0.5, 0.6) is 0 Å². The zero-order valence-electron chi connectivity index (χ0n) is 12.5. The third-order valence-corrected chi connectivity index (χ3v) is 5.39. The van der Waals surface area contributed by atoms with Crippen LogP contribution in [0.1, 0.15) is 5.69 Å². The molecule has 4 nitrogen and oxygen atoms in total. The van der Waals surface area contributed by atoms with Gasteiger partial charge in [-0.1, -0.05) is 6.07 Å². The first-order valence-corrected chi connectivity index (χ1v) is 8.93. The van der Waals surface area contributed by atoms with Crippen LogP contribution in [0.3, 0.4) is 0 Å². The van der Waals surface area contributed by atoms with Crippen molar-refractivity contribution in [1.29, 1.82) is 0 Å². The Morgan fingerprint density at radius 2 is 2.33 bits per heavy atom. The van der Waals surface area contributed by atoms with Crippen molar-refractivity contribution in [2.75, 3.05) is 40.3 Å². The molecule has 0 saturated carbocycles. The van der Waals surface area contributed by atoms with Crippen molar-refractivity contribution >= 4 is 22.7 Å². The van der Waals surface area contributed by atoms with Gasteiger partial charge in [-0.3, -0.25) is 4.90 Å². The second-order valence-electron chi connectivity index (χ2n) is 5.61. The topological polar surface area (TPSA) is 28.6 Å². The highest BCUT2D eigenvalue weighted by atomic mass is 32.1. The average molecular weight is 323 g/mol. The third-order valence-electron chi connectivity index (χ3n) is 3.46. The summed E-state index contributed by atoms with van der Waals surface area (Å²) in [5.41, 5.74) is 1.17. The van der Waals surface area contributed by atoms with Crippen LogP contribution in [0, 0.1) is 0 Å². The lowest BCUT2D eigenvalue weighted by molar-refractivity contribution is -0.0409. The number of hydrogen-bond donors (Lipinski definition) is 0. The van der Waals surface area contributed by atoms with Gasteiger partial charge in [0.05, 0.1) is 23.3 Å². The highest BCUT2D eigenvalue weighted by Gasteiger charge is 2.21. The number of aromatic nitrogens is 1. The van der Waals surface area contributed by atoms with E-state index in [0.29, 0.717) is 6.10 Å². The number of hydrogen-bond acceptors (Lipinski definition) is 6. The van der Waals surface area contributed by atoms with E-state index in [9.17, 15) is 0 Å². The fourth-order valence-corrected chi connectivity index (χ4v) is 4.19. The van der Waals surface area contributed by atoms with Crippen molar-refractivity contribution in [3.8, 4) is 9.88 Å². The number of morpholine rings is 1. The molecule has 114 valence electrons. The van der Waals surface area contributed by atoms with E-state index in [-0.39, 0.29) is 0 Å². The molecule has 1 fully saturated rings. The standard InChI is InChI=1S/C15H21N3OS2/c1-17(2)9-13-10-18(5-6-19-13)8-12-11-21-15(16-12)14-4-3-7-20-14/h3-4,7,11,13H,5-6,8-10H2,1-2H3. The van der Waals surface area contributed by atoms with Crippen molar-refractivity contribution in [2.45, 2.75) is 12.6 Å². The number of ether oxygens (including phenoxy) is 1. The van der Waals surface area contributed by atoms with Crippen molar-refractivity contribution in [2.24, 2.45) is 0 Å². The molecule has 2 aromatic heterocycles. The smallest absolute Gasteiger partial charge is 0.133 e. The van der Waals surface area contributed by atoms with E-state index in [1.807, 2.05) is 0 Å². The summed E-state index contributed by atoms with van der Waals surface area (Å²) in [6, 6.07) is 4.21. The molecular weight excluding hydrogens is 302 g/mol. The maximum absolute atomic E-state index is 5.82. The van der Waals surface area contributed by atoms with Gasteiger partial charge < -0.3 is 9.64 Å². The lowest BCUT2D eigenvalue weighted by Gasteiger charge is -2.33. The SMILES string of the molecule is CN(C)CC1CN(Cc2csc(-c3cccs3)n2)CCO1. The molecule has 1 saturated heterocycles. The summed E-state index contributed by atoms with van der Waals surface area (Å²) in [4.78, 5) is 10.7. The van der Waals surface area contributed by atoms with Gasteiger partial charge in [0.1, 0.15) is 5.01 Å². The molecule has 1 unspecified atom stereocenters. The van der Waals surface area contributed by atoms with Gasteiger partial charge in [0.2, 0.25) is 0 Å². The van der Waals surface area contributed by atoms with Gasteiger partial charge in [-0.2, -0.15) is 0 Å². The second-order valence-corrected chi connectivity index (χ2v) is 7.42. The monoisotopic (exact) mass is 323 g/mol. The van der Waals surface area contributed by atoms with E-state index in [1.165, 1.54) is 10.6 Å². The number of thiophene rings is 1. The van der Waals surface area contributed by atoms with E-state index >= 15 is 0 Å². The lowest BCUT2D eigenvalue weighted by atomic mass is 10.2. The van der Waals surface area contributed by atoms with Crippen LogP contribution < -0.4 is 0 Å². The van der Waals surface area contributed by atoms with Gasteiger partial charge in [-0.05, 0) is 25.5 Å². The summed E-state index contributed by atoms with van der Waals surface area (Å²) >= 11 is 3.49. The Hall–Kier alpha value is -0.790. The Kier molecular flexibility index (Phi) is 5.03. The first kappa shape index (κ1) is 15.1. The zero-order chi connectivity index (χ0) is 14.7. The molecule has 3 rings (SSSR count). The normalized spacial score (nSPS) is 20.2. The summed E-state index contributed by atoms with van der Waals surface area (Å²) in [5.74, 6) is 0. The van der Waals surface area contributed by atoms with E-state index in [4.69, 9.17) is 9.72 Å². The van der Waals surface area contributed by atoms with Crippen LogP contribution in [0.25, 0.3) is 9.88 Å². The Balaban J connectivity index is 1.59. The lowest BCUT2D eigenvalue weighted by Crippen LogP contribution is -2.46. The van der Waals surface area contributed by atoms with Crippen LogP contribution in [0.15, 0.2) is 22.9 Å². The summed E-state index contributed by atoms with van der Waals surface area (Å²) in [5, 5.41) is 5.42. The van der Waals surface area contributed by atoms with E-state index in [1.54, 1.807) is 22.7 Å². The fraction of sp³-hybridized carbons (Fsp3) is 0.533. The predicted octanol–water partition coefficient (Wildman–Crippen LogP) is 2.63. The molecule has 2 aromatic rings. The van der Waals surface area contributed by atoms with Crippen LogP contribution in [-0.2, 0) is 11.3 Å². The first-order valence-electron chi connectivity index (χ1n) is 7.17. The Labute approximate surface area is 134 Å². The van der Waals surface area contributed by atoms with Gasteiger partial charge in [-0.25, -0.2) is 4.98 Å². The van der Waals surface area contributed by atoms with Crippen molar-refractivity contribution in [1.82, 2.24) is 14.8 Å². The highest BCUT2D eigenvalue weighted by molar-refractivity contribution is 7.20. The molecule has 0 aliphatic carbocycles. The van der Waals surface area contributed by atoms with Crippen molar-refractivity contribution < 1.29 is 4.74 Å². The Morgan fingerprint density at radius 1 is 1.43 bits per heavy atom. The third kappa shape index (κ3) is 4.11. The average Bonchev–Trinajstić information content (AvgIpc) is 3.08. The van der Waals surface area contributed by atoms with Gasteiger partial charge >= 0.3 is 0 Å². The Bertz CT molecular complexity index is 553. The molecule has 6 heteroatoms. The maximum Gasteiger partial charge on any atom is 0.133 e. The van der Waals surface area contributed by atoms with E-state index in [2.05, 4.69) is 46.8 Å². The largest absolute Gasteiger partial charge is 0.374 e. The molecule has 0 amide bonds. The second kappa shape index (κ2) is 6.98. The molecule has 0 radical (unpaired) electrons. The molecule has 0 bridgehead atoms. The molecule has 1 atom stereocenters. The van der Waals surface area contributed by atoms with Gasteiger partial charge in [-0.15, -0.1) is 22.7 Å². The summed E-state index contributed by atoms with van der Waals surface area (Å²) in [6.07, 6.45) is 0.309. The first-order chi connectivity index (χ1) is 10.2. The molecule has 1 aliphatic heterocycles. The van der Waals surface area contributed by atoms with Gasteiger partial charge in [0.15, 0.2) is 0 Å². The van der Waals surface area contributed by atoms with Crippen LogP contribution >= 0.6 is 22.7 Å². The molecule has 0 spiro atoms. The van der Waals surface area contributed by atoms with Crippen LogP contribution in [-0.4, -0.2) is 61.2 Å². The highest BCUT2D eigenvalue weighted by Crippen LogP contribution is 2.28. The maximum atomic E-state index is 5.82. The zero-order valence-corrected chi connectivity index (χ0v) is 14.1. The van der Waals surface area contributed by atoms with Gasteiger partial charge in [0, 0.05) is 31.6 Å². The minimum Gasteiger partial charge on any atom is -0.374 e. The van der Waals surface area contributed by atoms with Gasteiger partial charge in [0.25, 0.3) is 0 Å². The number of thiazole rings is 1. The number of likely N-dealkylation sites (N-methyl/N-ethyl adjacent to an activating group) is 1. The summed E-state index contributed by atoms with van der Waals surface area (Å²) in [6.45, 7) is 4.71. The molecule has 21 heavy (non-hydrogen) atoms. The fourth-order valence-electron chi connectivity index (χ4n) is 2.56. The van der Waals surface area contributed by atoms with Crippen molar-refractivity contribution in [3.63, 3.8) is 0 Å². The van der Waals surface area contributed by atoms with Crippen LogP contribution in [0.4, 0.5) is 0 Å². The summed E-state index contributed by atoms with van der Waals surface area (Å²) in [7, 11) is 4.19. The Morgan fingerprint density at radius 3 is 3.10 bits per heavy atom. The molecule has 3 heterocycles. The molecule has 0 aromatic carbocycles. The predicted molar refractivity (Wildman–Crippen MR) is 89.0 cm³/mol. The number of rotatable bonds is 5. The van der Waals surface area contributed by atoms with Crippen molar-refractivity contribution in [3.05, 3.63) is 28.6 Å². The molecule has 0 N–H and O–H groups in total. The van der Waals surface area contributed by atoms with Crippen LogP contribution in [0.2, 0.25) is 0 Å². The summed E-state index contributed by atoms with van der Waals surface area (Å²) < 4.78 is 5.82. The molecule has 1 aliphatic rings. The quantitative estimate of drug-likeness (QED) is 0.846. The minimum absolute atomic E-state index is 0.309. The minimum atomic E-state index is 0.309. The molecular formula is C15H21N3OS2. The van der Waals surface area contributed by atoms with E-state index in [0.717, 1.165) is 37.8 Å². The van der Waals surface area contributed by atoms with E-state index < -0.39 is 0 Å².